The molecule has 2 aromatic heterocycles. The van der Waals surface area contributed by atoms with Crippen LogP contribution in [0.25, 0.3) is 21.7 Å². The number of aryl methyl sites for hydroxylation is 1. The van der Waals surface area contributed by atoms with E-state index in [1.165, 1.54) is 4.73 Å². The lowest BCUT2D eigenvalue weighted by Crippen LogP contribution is -2.28. The van der Waals surface area contributed by atoms with Crippen LogP contribution in [-0.4, -0.2) is 16.3 Å². The average molecular weight is 361 g/mol. The summed E-state index contributed by atoms with van der Waals surface area (Å²) in [4.78, 5) is 22.9. The first-order valence-electron chi connectivity index (χ1n) is 7.35. The highest BCUT2D eigenvalue weighted by atomic mass is 79.9. The van der Waals surface area contributed by atoms with Crippen molar-refractivity contribution >= 4 is 37.6 Å². The van der Waals surface area contributed by atoms with Crippen molar-refractivity contribution in [1.29, 1.82) is 0 Å². The molecule has 3 rings (SSSR count). The Kier molecular flexibility index (Phi) is 4.16. The highest BCUT2D eigenvalue weighted by molar-refractivity contribution is 9.10. The summed E-state index contributed by atoms with van der Waals surface area (Å²) in [5, 5.41) is 2.44. The highest BCUT2D eigenvalue weighted by Gasteiger charge is 2.12. The lowest BCUT2D eigenvalue weighted by atomic mass is 10.1. The second kappa shape index (κ2) is 6.08. The molecule has 0 spiro atoms. The van der Waals surface area contributed by atoms with Crippen molar-refractivity contribution in [2.75, 3.05) is 6.61 Å². The second-order valence-corrected chi connectivity index (χ2v) is 6.23. The minimum atomic E-state index is -0.128. The zero-order valence-corrected chi connectivity index (χ0v) is 14.2. The second-order valence-electron chi connectivity index (χ2n) is 5.32. The maximum absolute atomic E-state index is 12.8. The monoisotopic (exact) mass is 360 g/mol. The molecule has 0 unspecified atom stereocenters. The third-order valence-electron chi connectivity index (χ3n) is 3.64. The number of hydrogen-bond acceptors (Lipinski definition) is 3. The van der Waals surface area contributed by atoms with Gasteiger partial charge >= 0.3 is 0 Å². The van der Waals surface area contributed by atoms with E-state index in [-0.39, 0.29) is 5.56 Å². The molecular weight excluding hydrogens is 344 g/mol. The van der Waals surface area contributed by atoms with Gasteiger partial charge < -0.3 is 4.84 Å². The Bertz CT molecular complexity index is 902. The standard InChI is InChI=1S/C17H17BrN2O2/c1-3-4-7-22-20-16-8-11(2)19-10-15(16)14-9-12(18)5-6-13(14)17(20)21/h5-6,8-10H,3-4,7H2,1-2H3. The van der Waals surface area contributed by atoms with Crippen LogP contribution in [0, 0.1) is 6.92 Å². The predicted molar refractivity (Wildman–Crippen MR) is 92.3 cm³/mol. The molecule has 0 aliphatic heterocycles. The first-order valence-corrected chi connectivity index (χ1v) is 8.15. The number of halogens is 1. The van der Waals surface area contributed by atoms with Crippen molar-refractivity contribution in [1.82, 2.24) is 9.71 Å². The molecule has 2 heterocycles. The summed E-state index contributed by atoms with van der Waals surface area (Å²) >= 11 is 3.47. The Morgan fingerprint density at radius 1 is 1.23 bits per heavy atom. The number of hydrogen-bond donors (Lipinski definition) is 0. The van der Waals surface area contributed by atoms with Crippen LogP contribution >= 0.6 is 15.9 Å². The Labute approximate surface area is 136 Å². The maximum Gasteiger partial charge on any atom is 0.291 e. The third kappa shape index (κ3) is 2.61. The Hall–Kier alpha value is -1.88. The molecule has 0 saturated heterocycles. The molecule has 1 aromatic carbocycles. The van der Waals surface area contributed by atoms with Crippen molar-refractivity contribution in [3.05, 3.63) is 51.0 Å². The minimum Gasteiger partial charge on any atom is -0.410 e. The van der Waals surface area contributed by atoms with Gasteiger partial charge in [-0.3, -0.25) is 9.78 Å². The van der Waals surface area contributed by atoms with Crippen LogP contribution in [0.1, 0.15) is 25.5 Å². The third-order valence-corrected chi connectivity index (χ3v) is 4.14. The molecule has 0 N–H and O–H groups in total. The van der Waals surface area contributed by atoms with Crippen LogP contribution in [0.5, 0.6) is 0 Å². The molecule has 0 fully saturated rings. The summed E-state index contributed by atoms with van der Waals surface area (Å²) in [5.74, 6) is 0. The van der Waals surface area contributed by atoms with E-state index in [1.54, 1.807) is 6.20 Å². The largest absolute Gasteiger partial charge is 0.410 e. The van der Waals surface area contributed by atoms with Gasteiger partial charge in [-0.2, -0.15) is 0 Å². The number of pyridine rings is 2. The summed E-state index contributed by atoms with van der Waals surface area (Å²) in [5.41, 5.74) is 1.49. The molecule has 5 heteroatoms. The Balaban J connectivity index is 2.35. The van der Waals surface area contributed by atoms with Gasteiger partial charge in [0.1, 0.15) is 6.61 Å². The minimum absolute atomic E-state index is 0.128. The number of fused-ring (bicyclic) bond motifs is 3. The maximum atomic E-state index is 12.8. The van der Waals surface area contributed by atoms with E-state index >= 15 is 0 Å². The smallest absolute Gasteiger partial charge is 0.291 e. The average Bonchev–Trinajstić information content (AvgIpc) is 2.50. The fourth-order valence-corrected chi connectivity index (χ4v) is 2.85. The molecule has 114 valence electrons. The van der Waals surface area contributed by atoms with Crippen LogP contribution in [0.2, 0.25) is 0 Å². The Morgan fingerprint density at radius 3 is 2.82 bits per heavy atom. The number of nitrogens with zero attached hydrogens (tertiary/aromatic N) is 2. The number of rotatable bonds is 4. The summed E-state index contributed by atoms with van der Waals surface area (Å²) < 4.78 is 2.35. The molecule has 22 heavy (non-hydrogen) atoms. The van der Waals surface area contributed by atoms with Gasteiger partial charge in [0.2, 0.25) is 0 Å². The topological polar surface area (TPSA) is 44.1 Å². The molecule has 0 atom stereocenters. The van der Waals surface area contributed by atoms with Gasteiger partial charge in [-0.05, 0) is 43.0 Å². The van der Waals surface area contributed by atoms with Gasteiger partial charge in [0.25, 0.3) is 5.56 Å². The zero-order chi connectivity index (χ0) is 15.7. The molecule has 4 nitrogen and oxygen atoms in total. The lowest BCUT2D eigenvalue weighted by Gasteiger charge is -2.14. The van der Waals surface area contributed by atoms with Gasteiger partial charge in [-0.15, -0.1) is 4.73 Å². The molecular formula is C17H17BrN2O2. The Morgan fingerprint density at radius 2 is 2.05 bits per heavy atom. The first kappa shape index (κ1) is 15.0. The number of benzene rings is 1. The van der Waals surface area contributed by atoms with E-state index < -0.39 is 0 Å². The summed E-state index contributed by atoms with van der Waals surface area (Å²) in [6.45, 7) is 4.52. The quantitative estimate of drug-likeness (QED) is 0.524. The summed E-state index contributed by atoms with van der Waals surface area (Å²) in [6, 6.07) is 7.53. The van der Waals surface area contributed by atoms with Crippen molar-refractivity contribution in [2.45, 2.75) is 26.7 Å². The van der Waals surface area contributed by atoms with E-state index in [0.29, 0.717) is 12.0 Å². The predicted octanol–water partition coefficient (Wildman–Crippen LogP) is 3.85. The molecule has 0 aliphatic carbocycles. The van der Waals surface area contributed by atoms with Crippen molar-refractivity contribution < 1.29 is 4.84 Å². The van der Waals surface area contributed by atoms with Gasteiger partial charge in [-0.1, -0.05) is 29.3 Å². The molecule has 0 aliphatic rings. The van der Waals surface area contributed by atoms with Crippen LogP contribution in [0.15, 0.2) is 39.7 Å². The fourth-order valence-electron chi connectivity index (χ4n) is 2.49. The number of unbranched alkanes of at least 4 members (excludes halogenated alkanes) is 1. The zero-order valence-electron chi connectivity index (χ0n) is 12.6. The van der Waals surface area contributed by atoms with E-state index in [0.717, 1.165) is 39.3 Å². The van der Waals surface area contributed by atoms with Crippen LogP contribution in [0.3, 0.4) is 0 Å². The van der Waals surface area contributed by atoms with Crippen LogP contribution in [0.4, 0.5) is 0 Å². The SMILES string of the molecule is CCCCOn1c(=O)c2ccc(Br)cc2c2cnc(C)cc21. The van der Waals surface area contributed by atoms with Crippen LogP contribution < -0.4 is 10.4 Å². The lowest BCUT2D eigenvalue weighted by molar-refractivity contribution is 0.110. The fraction of sp³-hybridized carbons (Fsp3) is 0.294. The molecule has 0 amide bonds. The van der Waals surface area contributed by atoms with Crippen molar-refractivity contribution in [3.63, 3.8) is 0 Å². The molecule has 0 bridgehead atoms. The van der Waals surface area contributed by atoms with Crippen molar-refractivity contribution in [3.8, 4) is 0 Å². The van der Waals surface area contributed by atoms with Gasteiger partial charge in [0.15, 0.2) is 0 Å². The number of aromatic nitrogens is 2. The normalized spacial score (nSPS) is 11.2. The van der Waals surface area contributed by atoms with E-state index in [2.05, 4.69) is 27.8 Å². The van der Waals surface area contributed by atoms with Crippen LogP contribution in [-0.2, 0) is 0 Å². The van der Waals surface area contributed by atoms with E-state index in [1.807, 2.05) is 31.2 Å². The summed E-state index contributed by atoms with van der Waals surface area (Å²) in [6.07, 6.45) is 3.74. The first-order chi connectivity index (χ1) is 10.6. The highest BCUT2D eigenvalue weighted by Crippen LogP contribution is 2.25. The van der Waals surface area contributed by atoms with Gasteiger partial charge in [-0.25, -0.2) is 0 Å². The van der Waals surface area contributed by atoms with Gasteiger partial charge in [0.05, 0.1) is 10.9 Å². The van der Waals surface area contributed by atoms with E-state index in [9.17, 15) is 4.79 Å². The van der Waals surface area contributed by atoms with Crippen molar-refractivity contribution in [2.24, 2.45) is 0 Å². The molecule has 0 radical (unpaired) electrons. The molecule has 3 aromatic rings. The van der Waals surface area contributed by atoms with Gasteiger partial charge in [0, 0.05) is 21.7 Å². The molecule has 0 saturated carbocycles. The van der Waals surface area contributed by atoms with E-state index in [4.69, 9.17) is 4.84 Å². The summed E-state index contributed by atoms with van der Waals surface area (Å²) in [7, 11) is 0.